The highest BCUT2D eigenvalue weighted by Crippen LogP contribution is 2.29. The number of carbonyl (C=O) groups is 1. The van der Waals surface area contributed by atoms with Crippen LogP contribution in [0.3, 0.4) is 0 Å². The predicted octanol–water partition coefficient (Wildman–Crippen LogP) is 2.20. The zero-order valence-corrected chi connectivity index (χ0v) is 10.6. The molecular formula is C13H20N2O2. The number of methoxy groups -OCH3 is 1. The molecule has 0 aromatic carbocycles. The van der Waals surface area contributed by atoms with Crippen LogP contribution in [-0.4, -0.2) is 28.8 Å². The first-order valence-electron chi connectivity index (χ1n) is 6.29. The Labute approximate surface area is 102 Å². The number of Topliss-reactive ketones (excluding diaryl/α,β-unsaturated/α-hetero) is 1. The Hall–Kier alpha value is -1.16. The van der Waals surface area contributed by atoms with E-state index in [9.17, 15) is 4.79 Å². The molecule has 1 aromatic rings. The van der Waals surface area contributed by atoms with Gasteiger partial charge >= 0.3 is 0 Å². The molecule has 0 saturated heterocycles. The molecule has 1 aromatic heterocycles. The molecule has 1 fully saturated rings. The van der Waals surface area contributed by atoms with Crippen LogP contribution in [0.15, 0.2) is 12.3 Å². The molecule has 1 aliphatic carbocycles. The minimum absolute atomic E-state index is 0.0689. The van der Waals surface area contributed by atoms with Crippen molar-refractivity contribution in [2.75, 3.05) is 7.11 Å². The molecule has 0 radical (unpaired) electrons. The van der Waals surface area contributed by atoms with Gasteiger partial charge in [-0.15, -0.1) is 0 Å². The van der Waals surface area contributed by atoms with Gasteiger partial charge in [-0.05, 0) is 24.8 Å². The Bertz CT molecular complexity index is 381. The SMILES string of the molecule is COC(C(=O)c1ccnn1C)C1CCCCC1. The predicted molar refractivity (Wildman–Crippen MR) is 64.9 cm³/mol. The molecule has 1 heterocycles. The minimum atomic E-state index is -0.300. The van der Waals surface area contributed by atoms with E-state index in [1.807, 2.05) is 0 Å². The standard InChI is InChI=1S/C13H20N2O2/c1-15-11(8-9-14-15)12(16)13(17-2)10-6-4-3-5-7-10/h8-10,13H,3-7H2,1-2H3. The van der Waals surface area contributed by atoms with Gasteiger partial charge in [0, 0.05) is 20.4 Å². The van der Waals surface area contributed by atoms with E-state index in [0.717, 1.165) is 12.8 Å². The van der Waals surface area contributed by atoms with E-state index in [1.54, 1.807) is 31.1 Å². The fourth-order valence-corrected chi connectivity index (χ4v) is 2.71. The van der Waals surface area contributed by atoms with Crippen LogP contribution in [0.2, 0.25) is 0 Å². The van der Waals surface area contributed by atoms with E-state index in [4.69, 9.17) is 4.74 Å². The molecule has 0 spiro atoms. The lowest BCUT2D eigenvalue weighted by Crippen LogP contribution is -2.34. The number of ether oxygens (including phenoxy) is 1. The Morgan fingerprint density at radius 2 is 2.18 bits per heavy atom. The van der Waals surface area contributed by atoms with E-state index >= 15 is 0 Å². The number of aryl methyl sites for hydroxylation is 1. The summed E-state index contributed by atoms with van der Waals surface area (Å²) >= 11 is 0. The van der Waals surface area contributed by atoms with Crippen molar-refractivity contribution in [3.8, 4) is 0 Å². The van der Waals surface area contributed by atoms with Crippen LogP contribution in [0.25, 0.3) is 0 Å². The van der Waals surface area contributed by atoms with Crippen LogP contribution >= 0.6 is 0 Å². The summed E-state index contributed by atoms with van der Waals surface area (Å²) in [6.07, 6.45) is 7.26. The molecule has 94 valence electrons. The van der Waals surface area contributed by atoms with Crippen molar-refractivity contribution in [2.24, 2.45) is 13.0 Å². The summed E-state index contributed by atoms with van der Waals surface area (Å²) in [4.78, 5) is 12.4. The molecule has 17 heavy (non-hydrogen) atoms. The van der Waals surface area contributed by atoms with Crippen LogP contribution in [0.1, 0.15) is 42.6 Å². The van der Waals surface area contributed by atoms with E-state index in [1.165, 1.54) is 19.3 Å². The lowest BCUT2D eigenvalue weighted by molar-refractivity contribution is 0.0306. The van der Waals surface area contributed by atoms with Crippen molar-refractivity contribution >= 4 is 5.78 Å². The van der Waals surface area contributed by atoms with Crippen LogP contribution in [-0.2, 0) is 11.8 Å². The number of nitrogens with zero attached hydrogens (tertiary/aromatic N) is 2. The molecule has 0 aliphatic heterocycles. The van der Waals surface area contributed by atoms with Crippen LogP contribution in [0.4, 0.5) is 0 Å². The molecule has 1 aliphatic rings. The molecule has 2 rings (SSSR count). The molecule has 0 N–H and O–H groups in total. The largest absolute Gasteiger partial charge is 0.373 e. The van der Waals surface area contributed by atoms with E-state index in [-0.39, 0.29) is 11.9 Å². The third-order valence-corrected chi connectivity index (χ3v) is 3.66. The lowest BCUT2D eigenvalue weighted by atomic mass is 9.83. The maximum Gasteiger partial charge on any atom is 0.209 e. The van der Waals surface area contributed by atoms with Gasteiger partial charge in [0.15, 0.2) is 0 Å². The number of hydrogen-bond acceptors (Lipinski definition) is 3. The number of carbonyl (C=O) groups excluding carboxylic acids is 1. The Morgan fingerprint density at radius 1 is 1.47 bits per heavy atom. The van der Waals surface area contributed by atoms with E-state index < -0.39 is 0 Å². The zero-order valence-electron chi connectivity index (χ0n) is 10.6. The second-order valence-corrected chi connectivity index (χ2v) is 4.76. The zero-order chi connectivity index (χ0) is 12.3. The first-order valence-corrected chi connectivity index (χ1v) is 6.29. The van der Waals surface area contributed by atoms with Crippen molar-refractivity contribution in [2.45, 2.75) is 38.2 Å². The Balaban J connectivity index is 2.12. The van der Waals surface area contributed by atoms with Crippen molar-refractivity contribution in [1.82, 2.24) is 9.78 Å². The first kappa shape index (κ1) is 12.3. The molecule has 1 unspecified atom stereocenters. The summed E-state index contributed by atoms with van der Waals surface area (Å²) in [5.41, 5.74) is 0.641. The summed E-state index contributed by atoms with van der Waals surface area (Å²) in [5.74, 6) is 0.440. The summed E-state index contributed by atoms with van der Waals surface area (Å²) < 4.78 is 7.06. The van der Waals surface area contributed by atoms with Gasteiger partial charge in [0.2, 0.25) is 5.78 Å². The normalized spacial score (nSPS) is 19.2. The van der Waals surface area contributed by atoms with Crippen LogP contribution in [0, 0.1) is 5.92 Å². The number of aromatic nitrogens is 2. The highest BCUT2D eigenvalue weighted by Gasteiger charge is 2.31. The van der Waals surface area contributed by atoms with Gasteiger partial charge in [-0.1, -0.05) is 19.3 Å². The Morgan fingerprint density at radius 3 is 2.71 bits per heavy atom. The molecule has 1 atom stereocenters. The monoisotopic (exact) mass is 236 g/mol. The molecule has 4 heteroatoms. The average Bonchev–Trinajstić information content (AvgIpc) is 2.77. The molecule has 0 bridgehead atoms. The van der Waals surface area contributed by atoms with Gasteiger partial charge in [-0.2, -0.15) is 5.10 Å². The van der Waals surface area contributed by atoms with E-state index in [0.29, 0.717) is 11.6 Å². The molecule has 0 amide bonds. The van der Waals surface area contributed by atoms with E-state index in [2.05, 4.69) is 5.10 Å². The van der Waals surface area contributed by atoms with Crippen LogP contribution < -0.4 is 0 Å². The highest BCUT2D eigenvalue weighted by atomic mass is 16.5. The summed E-state index contributed by atoms with van der Waals surface area (Å²) in [6.45, 7) is 0. The Kier molecular flexibility index (Phi) is 3.94. The van der Waals surface area contributed by atoms with Crippen LogP contribution in [0.5, 0.6) is 0 Å². The van der Waals surface area contributed by atoms with Crippen molar-refractivity contribution in [3.05, 3.63) is 18.0 Å². The number of hydrogen-bond donors (Lipinski definition) is 0. The molecule has 4 nitrogen and oxygen atoms in total. The molecular weight excluding hydrogens is 216 g/mol. The second-order valence-electron chi connectivity index (χ2n) is 4.76. The fourth-order valence-electron chi connectivity index (χ4n) is 2.71. The lowest BCUT2D eigenvalue weighted by Gasteiger charge is -2.28. The van der Waals surface area contributed by atoms with Gasteiger partial charge < -0.3 is 4.74 Å². The maximum absolute atomic E-state index is 12.4. The summed E-state index contributed by atoms with van der Waals surface area (Å²) in [6, 6.07) is 1.76. The first-order chi connectivity index (χ1) is 8.24. The third kappa shape index (κ3) is 2.57. The second kappa shape index (κ2) is 5.45. The van der Waals surface area contributed by atoms with Gasteiger partial charge in [0.1, 0.15) is 11.8 Å². The summed E-state index contributed by atoms with van der Waals surface area (Å²) in [7, 11) is 3.42. The van der Waals surface area contributed by atoms with Crippen molar-refractivity contribution in [1.29, 1.82) is 0 Å². The summed E-state index contributed by atoms with van der Waals surface area (Å²) in [5, 5.41) is 4.04. The number of ketones is 1. The highest BCUT2D eigenvalue weighted by molar-refractivity contribution is 5.98. The smallest absolute Gasteiger partial charge is 0.209 e. The topological polar surface area (TPSA) is 44.1 Å². The quantitative estimate of drug-likeness (QED) is 0.753. The van der Waals surface area contributed by atoms with Gasteiger partial charge in [0.05, 0.1) is 0 Å². The third-order valence-electron chi connectivity index (χ3n) is 3.66. The van der Waals surface area contributed by atoms with Crippen molar-refractivity contribution < 1.29 is 9.53 Å². The van der Waals surface area contributed by atoms with Gasteiger partial charge in [0.25, 0.3) is 0 Å². The number of rotatable bonds is 4. The van der Waals surface area contributed by atoms with Gasteiger partial charge in [-0.3, -0.25) is 9.48 Å². The minimum Gasteiger partial charge on any atom is -0.373 e. The van der Waals surface area contributed by atoms with Crippen molar-refractivity contribution in [3.63, 3.8) is 0 Å². The van der Waals surface area contributed by atoms with Gasteiger partial charge in [-0.25, -0.2) is 0 Å². The fraction of sp³-hybridized carbons (Fsp3) is 0.692. The maximum atomic E-state index is 12.4. The molecule has 1 saturated carbocycles. The average molecular weight is 236 g/mol.